The summed E-state index contributed by atoms with van der Waals surface area (Å²) >= 11 is 0. The Labute approximate surface area is 191 Å². The molecular formula is C23H22F3N5O3. The third-order valence-electron chi connectivity index (χ3n) is 5.29. The molecule has 34 heavy (non-hydrogen) atoms. The number of carbonyl (C=O) groups is 1. The summed E-state index contributed by atoms with van der Waals surface area (Å²) in [5.74, 6) is -0.926. The van der Waals surface area contributed by atoms with Crippen molar-refractivity contribution in [1.82, 2.24) is 20.1 Å². The molecule has 0 saturated carbocycles. The fourth-order valence-corrected chi connectivity index (χ4v) is 3.74. The molecule has 0 aliphatic rings. The molecule has 0 radical (unpaired) electrons. The van der Waals surface area contributed by atoms with Crippen molar-refractivity contribution in [1.29, 1.82) is 0 Å². The lowest BCUT2D eigenvalue weighted by Gasteiger charge is -2.20. The lowest BCUT2D eigenvalue weighted by Crippen LogP contribution is -2.37. The van der Waals surface area contributed by atoms with E-state index < -0.39 is 36.3 Å². The maximum absolute atomic E-state index is 13.1. The van der Waals surface area contributed by atoms with Crippen molar-refractivity contribution in [3.05, 3.63) is 64.7 Å². The first-order valence-electron chi connectivity index (χ1n) is 10.3. The molecule has 0 saturated heterocycles. The molecule has 2 aromatic carbocycles. The van der Waals surface area contributed by atoms with E-state index in [-0.39, 0.29) is 5.39 Å². The standard InChI is InChI=1S/C23H22F3N5O3/c1-22(2,34)16-9-15(8-14-10-28-30-20(14)16)29-17-5-3-4-13-6-7-31(21(33)19(13)17)11-18(32)27-12-23(24,25)26/h3-10,29,34H,11-12H2,1-2H3,(H,27,32)(H,28,30). The summed E-state index contributed by atoms with van der Waals surface area (Å²) in [5.41, 5.74) is 0.618. The van der Waals surface area contributed by atoms with Crippen molar-refractivity contribution in [3.8, 4) is 0 Å². The number of alkyl halides is 3. The van der Waals surface area contributed by atoms with Crippen molar-refractivity contribution >= 4 is 39.0 Å². The average molecular weight is 473 g/mol. The van der Waals surface area contributed by atoms with E-state index >= 15 is 0 Å². The second-order valence-corrected chi connectivity index (χ2v) is 8.45. The second kappa shape index (κ2) is 8.49. The van der Waals surface area contributed by atoms with E-state index in [4.69, 9.17) is 0 Å². The molecule has 2 aromatic heterocycles. The number of hydrogen-bond acceptors (Lipinski definition) is 5. The third kappa shape index (κ3) is 4.88. The van der Waals surface area contributed by atoms with Crippen LogP contribution in [0.25, 0.3) is 21.7 Å². The largest absolute Gasteiger partial charge is 0.405 e. The Morgan fingerprint density at radius 3 is 2.65 bits per heavy atom. The van der Waals surface area contributed by atoms with Crippen molar-refractivity contribution < 1.29 is 23.1 Å². The quantitative estimate of drug-likeness (QED) is 0.342. The van der Waals surface area contributed by atoms with Gasteiger partial charge in [0.1, 0.15) is 13.1 Å². The topological polar surface area (TPSA) is 112 Å². The zero-order valence-corrected chi connectivity index (χ0v) is 18.3. The first-order valence-corrected chi connectivity index (χ1v) is 10.3. The van der Waals surface area contributed by atoms with Gasteiger partial charge in [0.2, 0.25) is 5.91 Å². The Hall–Kier alpha value is -3.86. The summed E-state index contributed by atoms with van der Waals surface area (Å²) in [6, 6.07) is 10.3. The van der Waals surface area contributed by atoms with Gasteiger partial charge >= 0.3 is 6.18 Å². The molecule has 4 N–H and O–H groups in total. The highest BCUT2D eigenvalue weighted by atomic mass is 19.4. The molecule has 4 aromatic rings. The molecule has 178 valence electrons. The third-order valence-corrected chi connectivity index (χ3v) is 5.29. The molecule has 1 amide bonds. The maximum Gasteiger partial charge on any atom is 0.405 e. The molecule has 2 heterocycles. The number of fused-ring (bicyclic) bond motifs is 2. The van der Waals surface area contributed by atoms with Gasteiger partial charge in [-0.2, -0.15) is 18.3 Å². The molecule has 8 nitrogen and oxygen atoms in total. The van der Waals surface area contributed by atoms with Gasteiger partial charge in [-0.15, -0.1) is 0 Å². The van der Waals surface area contributed by atoms with Gasteiger partial charge in [0, 0.05) is 22.8 Å². The Kier molecular flexibility index (Phi) is 5.82. The van der Waals surface area contributed by atoms with Crippen LogP contribution in [0.4, 0.5) is 24.5 Å². The number of pyridine rings is 1. The second-order valence-electron chi connectivity index (χ2n) is 8.45. The van der Waals surface area contributed by atoms with Crippen LogP contribution < -0.4 is 16.2 Å². The van der Waals surface area contributed by atoms with Gasteiger partial charge < -0.3 is 20.3 Å². The average Bonchev–Trinajstić information content (AvgIpc) is 3.21. The first kappa shape index (κ1) is 23.3. The van der Waals surface area contributed by atoms with Crippen LogP contribution in [0, 0.1) is 0 Å². The van der Waals surface area contributed by atoms with E-state index in [2.05, 4.69) is 15.5 Å². The molecule has 4 rings (SSSR count). The normalized spacial score (nSPS) is 12.3. The van der Waals surface area contributed by atoms with Crippen LogP contribution in [-0.4, -0.2) is 38.5 Å². The summed E-state index contributed by atoms with van der Waals surface area (Å²) in [7, 11) is 0. The van der Waals surface area contributed by atoms with Gasteiger partial charge in [-0.3, -0.25) is 14.7 Å². The maximum atomic E-state index is 13.1. The van der Waals surface area contributed by atoms with Crippen molar-refractivity contribution in [2.75, 3.05) is 11.9 Å². The van der Waals surface area contributed by atoms with Gasteiger partial charge in [0.05, 0.1) is 28.4 Å². The van der Waals surface area contributed by atoms with Crippen LogP contribution in [-0.2, 0) is 16.9 Å². The van der Waals surface area contributed by atoms with Gasteiger partial charge in [-0.1, -0.05) is 12.1 Å². The van der Waals surface area contributed by atoms with E-state index in [1.807, 2.05) is 0 Å². The summed E-state index contributed by atoms with van der Waals surface area (Å²) in [4.78, 5) is 25.1. The molecule has 0 atom stereocenters. The number of aromatic amines is 1. The van der Waals surface area contributed by atoms with Gasteiger partial charge in [-0.25, -0.2) is 0 Å². The smallest absolute Gasteiger partial charge is 0.386 e. The number of halogens is 3. The zero-order valence-electron chi connectivity index (χ0n) is 18.3. The number of nitrogens with one attached hydrogen (secondary N) is 3. The van der Waals surface area contributed by atoms with Crippen LogP contribution in [0.3, 0.4) is 0 Å². The van der Waals surface area contributed by atoms with Gasteiger partial charge in [-0.05, 0) is 43.5 Å². The number of H-pyrrole nitrogens is 1. The van der Waals surface area contributed by atoms with Gasteiger partial charge in [0.25, 0.3) is 5.56 Å². The van der Waals surface area contributed by atoms with Crippen molar-refractivity contribution in [3.63, 3.8) is 0 Å². The number of amides is 1. The minimum atomic E-state index is -4.54. The Morgan fingerprint density at radius 2 is 1.94 bits per heavy atom. The molecule has 0 fully saturated rings. The zero-order chi connectivity index (χ0) is 24.7. The van der Waals surface area contributed by atoms with Crippen molar-refractivity contribution in [2.24, 2.45) is 0 Å². The molecule has 0 aliphatic heterocycles. The predicted octanol–water partition coefficient (Wildman–Crippen LogP) is 3.53. The molecule has 0 unspecified atom stereocenters. The lowest BCUT2D eigenvalue weighted by atomic mass is 9.95. The highest BCUT2D eigenvalue weighted by Crippen LogP contribution is 2.32. The van der Waals surface area contributed by atoms with E-state index in [0.717, 1.165) is 9.95 Å². The number of aromatic nitrogens is 3. The van der Waals surface area contributed by atoms with Crippen LogP contribution in [0.5, 0.6) is 0 Å². The van der Waals surface area contributed by atoms with E-state index in [1.54, 1.807) is 61.8 Å². The molecule has 11 heteroatoms. The Balaban J connectivity index is 1.71. The molecule has 0 bridgehead atoms. The van der Waals surface area contributed by atoms with Crippen LogP contribution in [0.1, 0.15) is 19.4 Å². The Bertz CT molecular complexity index is 1430. The SMILES string of the molecule is CC(C)(O)c1cc(Nc2cccc3ccn(CC(=O)NCC(F)(F)F)c(=O)c23)cc2cn[nH]c12. The molecule has 0 aliphatic carbocycles. The summed E-state index contributed by atoms with van der Waals surface area (Å²) in [6.07, 6.45) is -1.56. The number of nitrogens with zero attached hydrogens (tertiary/aromatic N) is 2. The number of hydrogen-bond donors (Lipinski definition) is 4. The summed E-state index contributed by atoms with van der Waals surface area (Å²) in [5, 5.41) is 24.1. The molecular weight excluding hydrogens is 451 g/mol. The van der Waals surface area contributed by atoms with E-state index in [0.29, 0.717) is 27.8 Å². The van der Waals surface area contributed by atoms with Crippen LogP contribution >= 0.6 is 0 Å². The minimum Gasteiger partial charge on any atom is -0.386 e. The monoisotopic (exact) mass is 473 g/mol. The van der Waals surface area contributed by atoms with Crippen molar-refractivity contribution in [2.45, 2.75) is 32.2 Å². The summed E-state index contributed by atoms with van der Waals surface area (Å²) < 4.78 is 38.2. The molecule has 0 spiro atoms. The van der Waals surface area contributed by atoms with Gasteiger partial charge in [0.15, 0.2) is 0 Å². The highest BCUT2D eigenvalue weighted by Gasteiger charge is 2.27. The number of anilines is 2. The van der Waals surface area contributed by atoms with Crippen LogP contribution in [0.15, 0.2) is 53.6 Å². The fourth-order valence-electron chi connectivity index (χ4n) is 3.74. The minimum absolute atomic E-state index is 0.269. The number of benzene rings is 2. The van der Waals surface area contributed by atoms with E-state index in [1.165, 1.54) is 6.20 Å². The number of carbonyl (C=O) groups excluding carboxylic acids is 1. The highest BCUT2D eigenvalue weighted by molar-refractivity contribution is 5.96. The first-order chi connectivity index (χ1) is 15.9. The number of aliphatic hydroxyl groups is 1. The van der Waals surface area contributed by atoms with E-state index in [9.17, 15) is 27.9 Å². The van der Waals surface area contributed by atoms with Crippen LogP contribution in [0.2, 0.25) is 0 Å². The summed E-state index contributed by atoms with van der Waals surface area (Å²) in [6.45, 7) is 1.27. The number of rotatable bonds is 6. The predicted molar refractivity (Wildman–Crippen MR) is 122 cm³/mol. The lowest BCUT2D eigenvalue weighted by molar-refractivity contribution is -0.138. The Morgan fingerprint density at radius 1 is 1.18 bits per heavy atom. The fraction of sp³-hybridized carbons (Fsp3) is 0.261.